The molecule has 0 atom stereocenters. The summed E-state index contributed by atoms with van der Waals surface area (Å²) in [5.74, 6) is 1.31. The van der Waals surface area contributed by atoms with Crippen molar-refractivity contribution in [2.75, 3.05) is 18.5 Å². The van der Waals surface area contributed by atoms with Crippen LogP contribution in [0.4, 0.5) is 5.82 Å². The van der Waals surface area contributed by atoms with Crippen LogP contribution in [-0.4, -0.2) is 38.9 Å². The van der Waals surface area contributed by atoms with E-state index in [1.54, 1.807) is 6.92 Å². The summed E-state index contributed by atoms with van der Waals surface area (Å²) in [6.45, 7) is 5.25. The number of aliphatic hydroxyl groups is 2. The van der Waals surface area contributed by atoms with E-state index in [1.165, 1.54) is 0 Å². The number of nitrogens with one attached hydrogen (secondary N) is 1. The monoisotopic (exact) mass is 225 g/mol. The van der Waals surface area contributed by atoms with Crippen LogP contribution >= 0.6 is 0 Å². The molecule has 0 spiro atoms. The van der Waals surface area contributed by atoms with Crippen molar-refractivity contribution in [1.82, 2.24) is 9.97 Å². The van der Waals surface area contributed by atoms with Crippen molar-refractivity contribution in [3.8, 4) is 0 Å². The molecular weight excluding hydrogens is 206 g/mol. The van der Waals surface area contributed by atoms with Gasteiger partial charge in [-0.1, -0.05) is 6.92 Å². The summed E-state index contributed by atoms with van der Waals surface area (Å²) in [6, 6.07) is 1.83. The quantitative estimate of drug-likeness (QED) is 0.680. The Labute approximate surface area is 95.6 Å². The van der Waals surface area contributed by atoms with Crippen LogP contribution in [0.5, 0.6) is 0 Å². The molecule has 16 heavy (non-hydrogen) atoms. The van der Waals surface area contributed by atoms with Gasteiger partial charge in [-0.3, -0.25) is 0 Å². The van der Waals surface area contributed by atoms with Crippen molar-refractivity contribution in [2.24, 2.45) is 0 Å². The van der Waals surface area contributed by atoms with Crippen LogP contribution in [0.1, 0.15) is 25.4 Å². The maximum absolute atomic E-state index is 9.18. The number of nitrogens with zero attached hydrogens (tertiary/aromatic N) is 2. The maximum atomic E-state index is 9.18. The molecule has 0 bridgehead atoms. The molecule has 0 fully saturated rings. The molecule has 1 aromatic heterocycles. The van der Waals surface area contributed by atoms with Gasteiger partial charge in [-0.15, -0.1) is 0 Å². The topological polar surface area (TPSA) is 78.3 Å². The lowest BCUT2D eigenvalue weighted by Crippen LogP contribution is -2.42. The van der Waals surface area contributed by atoms with E-state index in [9.17, 15) is 10.2 Å². The van der Waals surface area contributed by atoms with Crippen molar-refractivity contribution in [1.29, 1.82) is 0 Å². The summed E-state index contributed by atoms with van der Waals surface area (Å²) in [6.07, 6.45) is 0.826. The van der Waals surface area contributed by atoms with Crippen LogP contribution in [-0.2, 0) is 6.42 Å². The Kier molecular flexibility index (Phi) is 4.20. The van der Waals surface area contributed by atoms with E-state index in [1.807, 2.05) is 19.9 Å². The Bertz CT molecular complexity index is 351. The van der Waals surface area contributed by atoms with Gasteiger partial charge < -0.3 is 15.5 Å². The molecule has 1 heterocycles. The number of aromatic nitrogens is 2. The molecule has 0 aliphatic heterocycles. The molecule has 0 saturated carbocycles. The lowest BCUT2D eigenvalue weighted by Gasteiger charge is -2.27. The number of hydrogen-bond acceptors (Lipinski definition) is 5. The highest BCUT2D eigenvalue weighted by Gasteiger charge is 2.22. The lowest BCUT2D eigenvalue weighted by molar-refractivity contribution is 0.147. The first kappa shape index (κ1) is 12.9. The van der Waals surface area contributed by atoms with E-state index in [0.717, 1.165) is 12.1 Å². The van der Waals surface area contributed by atoms with Crippen molar-refractivity contribution >= 4 is 5.82 Å². The molecule has 5 nitrogen and oxygen atoms in total. The molecule has 0 aromatic carbocycles. The normalized spacial score (nSPS) is 11.6. The van der Waals surface area contributed by atoms with Gasteiger partial charge in [0.25, 0.3) is 0 Å². The van der Waals surface area contributed by atoms with E-state index >= 15 is 0 Å². The molecule has 5 heteroatoms. The smallest absolute Gasteiger partial charge is 0.130 e. The first-order valence-electron chi connectivity index (χ1n) is 5.37. The second-order valence-corrected chi connectivity index (χ2v) is 4.15. The fraction of sp³-hybridized carbons (Fsp3) is 0.636. The second-order valence-electron chi connectivity index (χ2n) is 4.15. The largest absolute Gasteiger partial charge is 0.394 e. The average molecular weight is 225 g/mol. The second kappa shape index (κ2) is 5.23. The zero-order chi connectivity index (χ0) is 12.2. The standard InChI is InChI=1S/C11H19N3O2/c1-4-9-5-10(13-8(2)12-9)14-11(3,6-15)7-16/h5,15-16H,4,6-7H2,1-3H3,(H,12,13,14). The van der Waals surface area contributed by atoms with Crippen LogP contribution in [0.2, 0.25) is 0 Å². The Balaban J connectivity index is 2.92. The summed E-state index contributed by atoms with van der Waals surface area (Å²) in [4.78, 5) is 8.48. The van der Waals surface area contributed by atoms with Gasteiger partial charge in [0.15, 0.2) is 0 Å². The summed E-state index contributed by atoms with van der Waals surface area (Å²) >= 11 is 0. The molecular formula is C11H19N3O2. The minimum atomic E-state index is -0.758. The first-order valence-corrected chi connectivity index (χ1v) is 5.37. The van der Waals surface area contributed by atoms with E-state index in [-0.39, 0.29) is 13.2 Å². The minimum absolute atomic E-state index is 0.159. The molecule has 0 amide bonds. The minimum Gasteiger partial charge on any atom is -0.394 e. The fourth-order valence-electron chi connectivity index (χ4n) is 1.31. The van der Waals surface area contributed by atoms with Crippen LogP contribution in [0, 0.1) is 6.92 Å². The number of hydrogen-bond donors (Lipinski definition) is 3. The van der Waals surface area contributed by atoms with E-state index < -0.39 is 5.54 Å². The Morgan fingerprint density at radius 3 is 2.44 bits per heavy atom. The SMILES string of the molecule is CCc1cc(NC(C)(CO)CO)nc(C)n1. The molecule has 1 rings (SSSR count). The average Bonchev–Trinajstić information content (AvgIpc) is 2.28. The van der Waals surface area contributed by atoms with Crippen LogP contribution in [0.3, 0.4) is 0 Å². The molecule has 0 saturated heterocycles. The Morgan fingerprint density at radius 1 is 1.31 bits per heavy atom. The third-order valence-electron chi connectivity index (χ3n) is 2.38. The highest BCUT2D eigenvalue weighted by Crippen LogP contribution is 2.14. The molecule has 0 aliphatic rings. The molecule has 1 aromatic rings. The van der Waals surface area contributed by atoms with Crippen LogP contribution < -0.4 is 5.32 Å². The van der Waals surface area contributed by atoms with Crippen molar-refractivity contribution < 1.29 is 10.2 Å². The predicted molar refractivity (Wildman–Crippen MR) is 62.3 cm³/mol. The maximum Gasteiger partial charge on any atom is 0.130 e. The molecule has 0 radical (unpaired) electrons. The Hall–Kier alpha value is -1.20. The van der Waals surface area contributed by atoms with E-state index in [2.05, 4.69) is 15.3 Å². The number of anilines is 1. The fourth-order valence-corrected chi connectivity index (χ4v) is 1.31. The van der Waals surface area contributed by atoms with E-state index in [4.69, 9.17) is 0 Å². The molecule has 0 aliphatic carbocycles. The van der Waals surface area contributed by atoms with Crippen LogP contribution in [0.25, 0.3) is 0 Å². The lowest BCUT2D eigenvalue weighted by atomic mass is 10.1. The van der Waals surface area contributed by atoms with Gasteiger partial charge in [-0.05, 0) is 20.3 Å². The van der Waals surface area contributed by atoms with Gasteiger partial charge in [0.2, 0.25) is 0 Å². The summed E-state index contributed by atoms with van der Waals surface area (Å²) in [5, 5.41) is 21.4. The van der Waals surface area contributed by atoms with Gasteiger partial charge in [0, 0.05) is 11.8 Å². The summed E-state index contributed by atoms with van der Waals surface area (Å²) in [7, 11) is 0. The highest BCUT2D eigenvalue weighted by molar-refractivity contribution is 5.39. The first-order chi connectivity index (χ1) is 7.53. The molecule has 3 N–H and O–H groups in total. The van der Waals surface area contributed by atoms with Gasteiger partial charge in [-0.25, -0.2) is 9.97 Å². The summed E-state index contributed by atoms with van der Waals surface area (Å²) in [5.41, 5.74) is 0.180. The zero-order valence-electron chi connectivity index (χ0n) is 9.99. The highest BCUT2D eigenvalue weighted by atomic mass is 16.3. The predicted octanol–water partition coefficient (Wildman–Crippen LogP) is 0.503. The van der Waals surface area contributed by atoms with E-state index in [0.29, 0.717) is 11.6 Å². The molecule has 90 valence electrons. The zero-order valence-corrected chi connectivity index (χ0v) is 9.99. The molecule has 0 unspecified atom stereocenters. The number of aryl methyl sites for hydroxylation is 2. The van der Waals surface area contributed by atoms with Gasteiger partial charge in [0.05, 0.1) is 18.8 Å². The number of aliphatic hydroxyl groups excluding tert-OH is 2. The Morgan fingerprint density at radius 2 is 1.94 bits per heavy atom. The van der Waals surface area contributed by atoms with Crippen molar-refractivity contribution in [2.45, 2.75) is 32.7 Å². The van der Waals surface area contributed by atoms with Crippen molar-refractivity contribution in [3.05, 3.63) is 17.6 Å². The third-order valence-corrected chi connectivity index (χ3v) is 2.38. The van der Waals surface area contributed by atoms with Gasteiger partial charge in [0.1, 0.15) is 11.6 Å². The number of rotatable bonds is 5. The van der Waals surface area contributed by atoms with Gasteiger partial charge in [-0.2, -0.15) is 0 Å². The van der Waals surface area contributed by atoms with Gasteiger partial charge >= 0.3 is 0 Å². The summed E-state index contributed by atoms with van der Waals surface area (Å²) < 4.78 is 0. The third kappa shape index (κ3) is 3.15. The van der Waals surface area contributed by atoms with Crippen molar-refractivity contribution in [3.63, 3.8) is 0 Å². The van der Waals surface area contributed by atoms with Crippen LogP contribution in [0.15, 0.2) is 6.07 Å².